The largest absolute Gasteiger partial charge is 0.461 e. The molecule has 0 bridgehead atoms. The second-order valence-electron chi connectivity index (χ2n) is 3.93. The molecule has 0 fully saturated rings. The van der Waals surface area contributed by atoms with Gasteiger partial charge in [-0.25, -0.2) is 5.84 Å². The predicted octanol–water partition coefficient (Wildman–Crippen LogP) is -0.508. The predicted molar refractivity (Wildman–Crippen MR) is 70.6 cm³/mol. The van der Waals surface area contributed by atoms with Crippen LogP contribution in [0.15, 0.2) is 0 Å². The number of anilines is 2. The highest BCUT2D eigenvalue weighted by Gasteiger charge is 2.08. The van der Waals surface area contributed by atoms with Crippen molar-refractivity contribution in [2.24, 2.45) is 5.84 Å². The quantitative estimate of drug-likeness (QED) is 0.385. The summed E-state index contributed by atoms with van der Waals surface area (Å²) in [6, 6.07) is 0.167. The number of nitrogens with one attached hydrogen (secondary N) is 3. The first-order valence-corrected chi connectivity index (χ1v) is 5.89. The number of ether oxygens (including phenoxy) is 1. The lowest BCUT2D eigenvalue weighted by Crippen LogP contribution is -2.22. The zero-order valence-electron chi connectivity index (χ0n) is 11.2. The van der Waals surface area contributed by atoms with E-state index in [1.54, 1.807) is 7.05 Å². The van der Waals surface area contributed by atoms with E-state index in [9.17, 15) is 4.79 Å². The van der Waals surface area contributed by atoms with E-state index in [1.807, 2.05) is 13.8 Å². The van der Waals surface area contributed by atoms with Crippen molar-refractivity contribution in [1.82, 2.24) is 20.3 Å². The van der Waals surface area contributed by atoms with Crippen LogP contribution in [-0.4, -0.2) is 40.6 Å². The molecule has 9 heteroatoms. The minimum Gasteiger partial charge on any atom is -0.461 e. The van der Waals surface area contributed by atoms with Crippen LogP contribution in [0.3, 0.4) is 0 Å². The van der Waals surface area contributed by atoms with Crippen LogP contribution in [0.25, 0.3) is 0 Å². The van der Waals surface area contributed by atoms with Crippen LogP contribution in [0.5, 0.6) is 6.01 Å². The monoisotopic (exact) mass is 269 g/mol. The number of nitrogens with two attached hydrogens (primary N) is 1. The average Bonchev–Trinajstić information content (AvgIpc) is 2.37. The van der Waals surface area contributed by atoms with Crippen molar-refractivity contribution in [2.75, 3.05) is 24.3 Å². The summed E-state index contributed by atoms with van der Waals surface area (Å²) in [5.41, 5.74) is 2.33. The Balaban J connectivity index is 2.68. The van der Waals surface area contributed by atoms with E-state index in [1.165, 1.54) is 0 Å². The summed E-state index contributed by atoms with van der Waals surface area (Å²) in [5.74, 6) is 5.68. The second kappa shape index (κ2) is 7.31. The number of hydrogen-bond acceptors (Lipinski definition) is 8. The van der Waals surface area contributed by atoms with E-state index >= 15 is 0 Å². The molecule has 5 N–H and O–H groups in total. The van der Waals surface area contributed by atoms with E-state index in [2.05, 4.69) is 31.0 Å². The molecule has 19 heavy (non-hydrogen) atoms. The van der Waals surface area contributed by atoms with Gasteiger partial charge in [-0.1, -0.05) is 0 Å². The van der Waals surface area contributed by atoms with Gasteiger partial charge in [-0.05, 0) is 13.8 Å². The topological polar surface area (TPSA) is 127 Å². The lowest BCUT2D eigenvalue weighted by Gasteiger charge is -2.10. The Kier molecular flexibility index (Phi) is 5.73. The summed E-state index contributed by atoms with van der Waals surface area (Å²) in [6.45, 7) is 4.12. The highest BCUT2D eigenvalue weighted by Crippen LogP contribution is 2.11. The molecular weight excluding hydrogens is 250 g/mol. The van der Waals surface area contributed by atoms with E-state index < -0.39 is 0 Å². The summed E-state index contributed by atoms with van der Waals surface area (Å²) in [4.78, 5) is 23.1. The number of amides is 1. The van der Waals surface area contributed by atoms with Crippen molar-refractivity contribution >= 4 is 17.8 Å². The molecule has 1 heterocycles. The fourth-order valence-corrected chi connectivity index (χ4v) is 1.18. The summed E-state index contributed by atoms with van der Waals surface area (Å²) in [5, 5.41) is 5.42. The molecule has 1 aromatic rings. The van der Waals surface area contributed by atoms with Gasteiger partial charge in [-0.3, -0.25) is 10.2 Å². The first kappa shape index (κ1) is 14.9. The van der Waals surface area contributed by atoms with Crippen LogP contribution in [0.2, 0.25) is 0 Å². The minimum atomic E-state index is -0.0719. The third kappa shape index (κ3) is 5.34. The smallest absolute Gasteiger partial charge is 0.323 e. The number of carbonyl (C=O) groups is 1. The van der Waals surface area contributed by atoms with Crippen LogP contribution in [-0.2, 0) is 4.79 Å². The third-order valence-electron chi connectivity index (χ3n) is 2.00. The molecule has 106 valence electrons. The number of hydrogen-bond donors (Lipinski definition) is 4. The Morgan fingerprint density at radius 3 is 2.58 bits per heavy atom. The number of rotatable bonds is 7. The van der Waals surface area contributed by atoms with E-state index in [4.69, 9.17) is 10.6 Å². The highest BCUT2D eigenvalue weighted by atomic mass is 16.5. The minimum absolute atomic E-state index is 0.0632. The van der Waals surface area contributed by atoms with Crippen molar-refractivity contribution in [3.8, 4) is 6.01 Å². The molecule has 1 rings (SSSR count). The number of aromatic nitrogens is 3. The molecule has 0 unspecified atom stereocenters. The van der Waals surface area contributed by atoms with Crippen LogP contribution in [0.4, 0.5) is 11.9 Å². The SMILES string of the molecule is CNC(=O)CCNc1nc(NN)nc(OC(C)C)n1. The first-order valence-electron chi connectivity index (χ1n) is 5.89. The maximum Gasteiger partial charge on any atom is 0.323 e. The van der Waals surface area contributed by atoms with Gasteiger partial charge in [0.2, 0.25) is 17.8 Å². The molecule has 0 spiro atoms. The Bertz CT molecular complexity index is 424. The van der Waals surface area contributed by atoms with Gasteiger partial charge in [-0.2, -0.15) is 15.0 Å². The van der Waals surface area contributed by atoms with Gasteiger partial charge < -0.3 is 15.4 Å². The molecule has 0 atom stereocenters. The molecule has 1 aromatic heterocycles. The van der Waals surface area contributed by atoms with Crippen LogP contribution >= 0.6 is 0 Å². The standard InChI is InChI=1S/C10H19N7O2/c1-6(2)19-10-15-8(14-9(16-10)17-11)13-5-4-7(18)12-3/h6H,4-5,11H2,1-3H3,(H,12,18)(H2,13,14,15,16,17). The van der Waals surface area contributed by atoms with E-state index in [-0.39, 0.29) is 24.0 Å². The summed E-state index contributed by atoms with van der Waals surface area (Å²) in [6.07, 6.45) is 0.250. The molecule has 0 aromatic carbocycles. The van der Waals surface area contributed by atoms with Gasteiger partial charge >= 0.3 is 6.01 Å². The summed E-state index contributed by atoms with van der Waals surface area (Å²) < 4.78 is 5.37. The summed E-state index contributed by atoms with van der Waals surface area (Å²) >= 11 is 0. The summed E-state index contributed by atoms with van der Waals surface area (Å²) in [7, 11) is 1.58. The maximum atomic E-state index is 11.1. The van der Waals surface area contributed by atoms with Crippen LogP contribution in [0, 0.1) is 0 Å². The molecule has 0 aliphatic carbocycles. The third-order valence-corrected chi connectivity index (χ3v) is 2.00. The fourth-order valence-electron chi connectivity index (χ4n) is 1.18. The Hall–Kier alpha value is -2.16. The molecule has 0 aliphatic rings. The average molecular weight is 269 g/mol. The Labute approximate surface area is 111 Å². The number of hydrazine groups is 1. The van der Waals surface area contributed by atoms with Crippen molar-refractivity contribution in [2.45, 2.75) is 26.4 Å². The molecule has 0 radical (unpaired) electrons. The van der Waals surface area contributed by atoms with Crippen molar-refractivity contribution in [1.29, 1.82) is 0 Å². The number of nitrogens with zero attached hydrogens (tertiary/aromatic N) is 3. The maximum absolute atomic E-state index is 11.1. The normalized spacial score (nSPS) is 10.2. The molecule has 0 saturated heterocycles. The van der Waals surface area contributed by atoms with E-state index in [0.29, 0.717) is 18.9 Å². The van der Waals surface area contributed by atoms with Gasteiger partial charge in [0.05, 0.1) is 6.10 Å². The number of nitrogen functional groups attached to an aromatic ring is 1. The molecule has 0 aliphatic heterocycles. The highest BCUT2D eigenvalue weighted by molar-refractivity contribution is 5.75. The zero-order valence-corrected chi connectivity index (χ0v) is 11.2. The molecule has 9 nitrogen and oxygen atoms in total. The molecular formula is C10H19N7O2. The Morgan fingerprint density at radius 2 is 2.00 bits per heavy atom. The van der Waals surface area contributed by atoms with Gasteiger partial charge in [0.15, 0.2) is 0 Å². The van der Waals surface area contributed by atoms with Gasteiger partial charge in [0.25, 0.3) is 0 Å². The molecule has 0 saturated carbocycles. The van der Waals surface area contributed by atoms with Crippen molar-refractivity contribution in [3.63, 3.8) is 0 Å². The lowest BCUT2D eigenvalue weighted by atomic mass is 10.4. The van der Waals surface area contributed by atoms with Gasteiger partial charge in [0, 0.05) is 20.0 Å². The molecule has 1 amide bonds. The van der Waals surface area contributed by atoms with Crippen molar-refractivity contribution in [3.05, 3.63) is 0 Å². The van der Waals surface area contributed by atoms with Gasteiger partial charge in [-0.15, -0.1) is 0 Å². The number of carbonyl (C=O) groups excluding carboxylic acids is 1. The fraction of sp³-hybridized carbons (Fsp3) is 0.600. The Morgan fingerprint density at radius 1 is 1.32 bits per heavy atom. The van der Waals surface area contributed by atoms with Gasteiger partial charge in [0.1, 0.15) is 0 Å². The van der Waals surface area contributed by atoms with E-state index in [0.717, 1.165) is 0 Å². The lowest BCUT2D eigenvalue weighted by molar-refractivity contribution is -0.120. The van der Waals surface area contributed by atoms with Crippen LogP contribution < -0.4 is 26.6 Å². The van der Waals surface area contributed by atoms with Crippen molar-refractivity contribution < 1.29 is 9.53 Å². The zero-order chi connectivity index (χ0) is 14.3. The second-order valence-corrected chi connectivity index (χ2v) is 3.93. The first-order chi connectivity index (χ1) is 9.05. The van der Waals surface area contributed by atoms with Crippen LogP contribution in [0.1, 0.15) is 20.3 Å².